The van der Waals surface area contributed by atoms with Gasteiger partial charge < -0.3 is 35.8 Å². The minimum Gasteiger partial charge on any atom is -0.497 e. The molecule has 0 aromatic heterocycles. The summed E-state index contributed by atoms with van der Waals surface area (Å²) in [6.45, 7) is 8.02. The number of anilines is 1. The Kier molecular flexibility index (Phi) is 17.8. The molecule has 4 amide bonds. The third-order valence-corrected chi connectivity index (χ3v) is 13.2. The van der Waals surface area contributed by atoms with Crippen LogP contribution in [0, 0.1) is 11.8 Å². The molecule has 0 saturated carbocycles. The molecule has 12 nitrogen and oxygen atoms in total. The summed E-state index contributed by atoms with van der Waals surface area (Å²) in [6.07, 6.45) is 1.03. The lowest BCUT2D eigenvalue weighted by Gasteiger charge is -2.37. The molecule has 370 valence electrons. The summed E-state index contributed by atoms with van der Waals surface area (Å²) in [7, 11) is 1.65. The number of hydrogen-bond donors (Lipinski definition) is 6. The Morgan fingerprint density at radius 2 is 1.15 bits per heavy atom. The summed E-state index contributed by atoms with van der Waals surface area (Å²) in [4.78, 5) is 56.1. The van der Waals surface area contributed by atoms with Crippen molar-refractivity contribution in [2.24, 2.45) is 11.8 Å². The number of unbranched alkanes of at least 4 members (excludes halogenated alkanes) is 1. The Bertz CT molecular complexity index is 2610. The van der Waals surface area contributed by atoms with E-state index < -0.39 is 47.5 Å². The summed E-state index contributed by atoms with van der Waals surface area (Å²) in [5.74, 6) is -1.25. The fraction of sp³-hybridized carbons (Fsp3) is 0.322. The minimum atomic E-state index is -1.02. The zero-order valence-corrected chi connectivity index (χ0v) is 41.3. The number of aliphatic hydroxyl groups excluding tert-OH is 1. The van der Waals surface area contributed by atoms with Crippen LogP contribution in [0.1, 0.15) is 92.7 Å². The van der Waals surface area contributed by atoms with Crippen LogP contribution in [0.5, 0.6) is 5.75 Å². The molecule has 6 aromatic carbocycles. The maximum Gasteiger partial charge on any atom is 0.407 e. The lowest BCUT2D eigenvalue weighted by Crippen LogP contribution is -2.57. The number of hydrogen-bond acceptors (Lipinski definition) is 8. The van der Waals surface area contributed by atoms with Crippen LogP contribution >= 0.6 is 0 Å². The van der Waals surface area contributed by atoms with Crippen LogP contribution in [0.3, 0.4) is 0 Å². The van der Waals surface area contributed by atoms with Crippen LogP contribution in [0.25, 0.3) is 11.1 Å². The first kappa shape index (κ1) is 51.6. The molecule has 0 bridgehead atoms. The van der Waals surface area contributed by atoms with Crippen LogP contribution in [-0.2, 0) is 31.3 Å². The number of carbonyl (C=O) groups excluding carboxylic acids is 4. The number of carbonyl (C=O) groups is 4. The molecule has 3 unspecified atom stereocenters. The molecule has 0 saturated heterocycles. The van der Waals surface area contributed by atoms with Gasteiger partial charge in [-0.1, -0.05) is 161 Å². The molecule has 1 aliphatic carbocycles. The Hall–Kier alpha value is -7.28. The summed E-state index contributed by atoms with van der Waals surface area (Å²) in [6, 6.07) is 48.6. The predicted octanol–water partition coefficient (Wildman–Crippen LogP) is 9.46. The molecule has 0 heterocycles. The highest BCUT2D eigenvalue weighted by Crippen LogP contribution is 2.44. The quantitative estimate of drug-likeness (QED) is 0.0273. The number of aliphatic hydroxyl groups is 1. The van der Waals surface area contributed by atoms with Crippen molar-refractivity contribution in [1.82, 2.24) is 21.3 Å². The molecule has 71 heavy (non-hydrogen) atoms. The number of amides is 4. The Labute approximate surface area is 418 Å². The molecule has 0 spiro atoms. The first-order chi connectivity index (χ1) is 34.4. The van der Waals surface area contributed by atoms with Crippen molar-refractivity contribution < 1.29 is 33.8 Å². The van der Waals surface area contributed by atoms with Crippen LogP contribution < -0.4 is 31.3 Å². The summed E-state index contributed by atoms with van der Waals surface area (Å²) >= 11 is 0. The van der Waals surface area contributed by atoms with E-state index in [1.54, 1.807) is 31.4 Å². The first-order valence-electron chi connectivity index (χ1n) is 24.6. The third kappa shape index (κ3) is 12.7. The summed E-state index contributed by atoms with van der Waals surface area (Å²) < 4.78 is 11.3. The zero-order chi connectivity index (χ0) is 50.3. The number of benzene rings is 6. The van der Waals surface area contributed by atoms with Gasteiger partial charge in [0.1, 0.15) is 30.5 Å². The van der Waals surface area contributed by atoms with Gasteiger partial charge in [0.15, 0.2) is 0 Å². The van der Waals surface area contributed by atoms with E-state index in [0.717, 1.165) is 44.7 Å². The largest absolute Gasteiger partial charge is 0.497 e. The maximum atomic E-state index is 14.4. The zero-order valence-electron chi connectivity index (χ0n) is 41.3. The topological polar surface area (TPSA) is 167 Å². The Balaban J connectivity index is 1.04. The monoisotopic (exact) mass is 958 g/mol. The van der Waals surface area contributed by atoms with E-state index >= 15 is 0 Å². The van der Waals surface area contributed by atoms with Gasteiger partial charge in [-0.15, -0.1) is 0 Å². The average molecular weight is 958 g/mol. The SMILES string of the molecule is COc1ccc(C(NCCCCC(NC(=O)C(CC(C)C)NC(=O)C(NC(=O)OCC2c3ccccc3-c3ccccc32)C(C)C)C(=O)Nc2ccc(CO)cc2)(c2ccccc2)c2ccccc2)cc1. The highest BCUT2D eigenvalue weighted by molar-refractivity contribution is 5.99. The van der Waals surface area contributed by atoms with Crippen LogP contribution in [0.2, 0.25) is 0 Å². The van der Waals surface area contributed by atoms with Gasteiger partial charge in [0.25, 0.3) is 0 Å². The summed E-state index contributed by atoms with van der Waals surface area (Å²) in [5.41, 5.74) is 7.97. The van der Waals surface area contributed by atoms with Crippen molar-refractivity contribution in [2.45, 2.75) is 89.6 Å². The maximum absolute atomic E-state index is 14.4. The second-order valence-electron chi connectivity index (χ2n) is 18.9. The molecular weight excluding hydrogens is 891 g/mol. The number of rotatable bonds is 23. The summed E-state index contributed by atoms with van der Waals surface area (Å²) in [5, 5.41) is 25.1. The highest BCUT2D eigenvalue weighted by atomic mass is 16.5. The van der Waals surface area contributed by atoms with E-state index in [-0.39, 0.29) is 37.4 Å². The standard InChI is InChI=1S/C59H67N5O7/c1-39(2)36-53(63-57(68)54(40(3)4)64-58(69)71-38-51-49-24-14-12-22-47(49)48-23-13-15-25-50(48)51)56(67)62-52(55(66)61-45-31-27-41(37-65)28-32-45)26-16-17-35-60-59(42-18-8-6-9-19-42,43-20-10-7-11-21-43)44-29-33-46(70-5)34-30-44/h6-15,18-25,27-34,39-40,51-54,60,65H,16-17,26,35-38H2,1-5H3,(H,61,66)(H,62,67)(H,63,68)(H,64,69). The molecule has 0 aliphatic heterocycles. The van der Waals surface area contributed by atoms with Crippen LogP contribution in [0.4, 0.5) is 10.5 Å². The van der Waals surface area contributed by atoms with Crippen LogP contribution in [-0.4, -0.2) is 67.3 Å². The molecule has 0 radical (unpaired) electrons. The lowest BCUT2D eigenvalue weighted by molar-refractivity contribution is -0.132. The van der Waals surface area contributed by atoms with Gasteiger partial charge in [0.05, 0.1) is 19.3 Å². The second kappa shape index (κ2) is 24.5. The first-order valence-corrected chi connectivity index (χ1v) is 24.6. The number of nitrogens with one attached hydrogen (secondary N) is 5. The Morgan fingerprint density at radius 3 is 1.70 bits per heavy atom. The van der Waals surface area contributed by atoms with Crippen molar-refractivity contribution in [3.8, 4) is 16.9 Å². The van der Waals surface area contributed by atoms with E-state index in [0.29, 0.717) is 37.1 Å². The normalized spacial score (nSPS) is 13.4. The molecule has 1 aliphatic rings. The highest BCUT2D eigenvalue weighted by Gasteiger charge is 2.37. The van der Waals surface area contributed by atoms with Gasteiger partial charge in [-0.05, 0) is 113 Å². The lowest BCUT2D eigenvalue weighted by atomic mass is 9.77. The predicted molar refractivity (Wildman–Crippen MR) is 279 cm³/mol. The van der Waals surface area contributed by atoms with Crippen molar-refractivity contribution in [3.05, 3.63) is 191 Å². The van der Waals surface area contributed by atoms with Crippen molar-refractivity contribution in [2.75, 3.05) is 25.6 Å². The molecule has 6 aromatic rings. The van der Waals surface area contributed by atoms with Gasteiger partial charge >= 0.3 is 6.09 Å². The van der Waals surface area contributed by atoms with Crippen molar-refractivity contribution >= 4 is 29.5 Å². The average Bonchev–Trinajstić information content (AvgIpc) is 3.71. The molecule has 12 heteroatoms. The third-order valence-electron chi connectivity index (χ3n) is 13.2. The molecule has 7 rings (SSSR count). The molecule has 3 atom stereocenters. The van der Waals surface area contributed by atoms with Gasteiger partial charge in [0, 0.05) is 11.6 Å². The van der Waals surface area contributed by atoms with Gasteiger partial charge in [0.2, 0.25) is 17.7 Å². The minimum absolute atomic E-state index is 0.0118. The van der Waals surface area contributed by atoms with Crippen molar-refractivity contribution in [3.63, 3.8) is 0 Å². The number of alkyl carbamates (subject to hydrolysis) is 1. The van der Waals surface area contributed by atoms with Crippen LogP contribution in [0.15, 0.2) is 158 Å². The van der Waals surface area contributed by atoms with E-state index in [2.05, 4.69) is 75.1 Å². The van der Waals surface area contributed by atoms with Gasteiger partial charge in [-0.25, -0.2) is 4.79 Å². The Morgan fingerprint density at radius 1 is 0.606 bits per heavy atom. The number of fused-ring (bicyclic) bond motifs is 3. The smallest absolute Gasteiger partial charge is 0.407 e. The number of methoxy groups -OCH3 is 1. The van der Waals surface area contributed by atoms with E-state index in [9.17, 15) is 24.3 Å². The van der Waals surface area contributed by atoms with Crippen molar-refractivity contribution in [1.29, 1.82) is 0 Å². The van der Waals surface area contributed by atoms with E-state index in [4.69, 9.17) is 9.47 Å². The second-order valence-corrected chi connectivity index (χ2v) is 18.9. The molecule has 0 fully saturated rings. The fourth-order valence-corrected chi connectivity index (χ4v) is 9.50. The molecular formula is C59H67N5O7. The van der Waals surface area contributed by atoms with Gasteiger partial charge in [-0.3, -0.25) is 19.7 Å². The number of ether oxygens (including phenoxy) is 2. The van der Waals surface area contributed by atoms with E-state index in [1.165, 1.54) is 0 Å². The fourth-order valence-electron chi connectivity index (χ4n) is 9.50. The van der Waals surface area contributed by atoms with Gasteiger partial charge in [-0.2, -0.15) is 0 Å². The van der Waals surface area contributed by atoms with E-state index in [1.807, 2.05) is 113 Å². The molecule has 6 N–H and O–H groups in total.